The summed E-state index contributed by atoms with van der Waals surface area (Å²) in [4.78, 5) is 30.4. The molecule has 2 aromatic rings. The molecule has 1 heterocycles. The summed E-state index contributed by atoms with van der Waals surface area (Å²) in [5.41, 5.74) is 1.54. The van der Waals surface area contributed by atoms with Crippen LogP contribution in [0.15, 0.2) is 48.5 Å². The minimum atomic E-state index is -0.224. The molecule has 0 bridgehead atoms. The number of fused-ring (bicyclic) bond motifs is 1. The van der Waals surface area contributed by atoms with Gasteiger partial charge in [0.15, 0.2) is 0 Å². The topological polar surface area (TPSA) is 71.1 Å². The maximum absolute atomic E-state index is 13.5. The molecule has 2 aliphatic rings. The molecule has 0 unspecified atom stereocenters. The summed E-state index contributed by atoms with van der Waals surface area (Å²) >= 11 is 0. The van der Waals surface area contributed by atoms with Crippen molar-refractivity contribution in [1.82, 2.24) is 9.80 Å². The van der Waals surface area contributed by atoms with Crippen LogP contribution in [0.3, 0.4) is 0 Å². The molecule has 1 saturated carbocycles. The molecule has 7 heteroatoms. The number of anilines is 1. The van der Waals surface area contributed by atoms with Crippen LogP contribution in [0.2, 0.25) is 0 Å². The lowest BCUT2D eigenvalue weighted by Gasteiger charge is -2.36. The molecule has 35 heavy (non-hydrogen) atoms. The Bertz CT molecular complexity index is 1020. The monoisotopic (exact) mass is 479 g/mol. The number of hydrogen-bond acceptors (Lipinski definition) is 5. The van der Waals surface area contributed by atoms with Crippen LogP contribution in [0.5, 0.6) is 5.75 Å². The number of ether oxygens (including phenoxy) is 2. The fourth-order valence-electron chi connectivity index (χ4n) is 4.61. The first-order chi connectivity index (χ1) is 16.9. The van der Waals surface area contributed by atoms with E-state index < -0.39 is 0 Å². The van der Waals surface area contributed by atoms with Crippen molar-refractivity contribution in [2.24, 2.45) is 11.8 Å². The molecular weight excluding hydrogens is 442 g/mol. The zero-order chi connectivity index (χ0) is 24.9. The molecule has 1 fully saturated rings. The fourth-order valence-corrected chi connectivity index (χ4v) is 4.61. The van der Waals surface area contributed by atoms with E-state index in [2.05, 4.69) is 24.1 Å². The molecule has 4 rings (SSSR count). The molecule has 2 aromatic carbocycles. The van der Waals surface area contributed by atoms with Gasteiger partial charge >= 0.3 is 0 Å². The van der Waals surface area contributed by atoms with Crippen molar-refractivity contribution in [3.8, 4) is 5.75 Å². The SMILES string of the molecule is CO[C@@H]1CN(C)C(=O)c2cc(NC(=O)c3ccccc3)ccc2OC[C@@H](C)N(CC2CC2)C[C@H]1C. The minimum absolute atomic E-state index is 0.0809. The Balaban J connectivity index is 1.60. The summed E-state index contributed by atoms with van der Waals surface area (Å²) in [7, 11) is 3.50. The fraction of sp³-hybridized carbons (Fsp3) is 0.500. The van der Waals surface area contributed by atoms with Gasteiger partial charge in [-0.25, -0.2) is 0 Å². The van der Waals surface area contributed by atoms with Crippen LogP contribution in [0, 0.1) is 11.8 Å². The Morgan fingerprint density at radius 2 is 1.86 bits per heavy atom. The van der Waals surface area contributed by atoms with Crippen molar-refractivity contribution in [1.29, 1.82) is 0 Å². The Labute approximate surface area is 208 Å². The molecule has 0 spiro atoms. The number of amides is 2. The van der Waals surface area contributed by atoms with Crippen LogP contribution in [0.4, 0.5) is 5.69 Å². The van der Waals surface area contributed by atoms with Crippen molar-refractivity contribution in [3.05, 3.63) is 59.7 Å². The van der Waals surface area contributed by atoms with E-state index in [1.807, 2.05) is 18.2 Å². The lowest BCUT2D eigenvalue weighted by molar-refractivity contribution is 0.00994. The van der Waals surface area contributed by atoms with E-state index in [4.69, 9.17) is 9.47 Å². The van der Waals surface area contributed by atoms with Crippen LogP contribution in [-0.4, -0.2) is 74.2 Å². The van der Waals surface area contributed by atoms with Gasteiger partial charge in [-0.05, 0) is 61.9 Å². The van der Waals surface area contributed by atoms with Crippen molar-refractivity contribution >= 4 is 17.5 Å². The zero-order valence-electron chi connectivity index (χ0n) is 21.2. The summed E-state index contributed by atoms with van der Waals surface area (Å²) in [5, 5.41) is 2.90. The van der Waals surface area contributed by atoms with Crippen molar-refractivity contribution in [3.63, 3.8) is 0 Å². The third-order valence-electron chi connectivity index (χ3n) is 7.06. The van der Waals surface area contributed by atoms with Gasteiger partial charge in [-0.15, -0.1) is 0 Å². The molecular formula is C28H37N3O4. The number of carbonyl (C=O) groups excluding carboxylic acids is 2. The summed E-state index contributed by atoms with van der Waals surface area (Å²) in [6, 6.07) is 14.5. The molecule has 7 nitrogen and oxygen atoms in total. The normalized spacial score (nSPS) is 24.1. The highest BCUT2D eigenvalue weighted by Crippen LogP contribution is 2.32. The maximum atomic E-state index is 13.5. The molecule has 1 aliphatic carbocycles. The van der Waals surface area contributed by atoms with E-state index >= 15 is 0 Å². The number of carbonyl (C=O) groups is 2. The third-order valence-corrected chi connectivity index (χ3v) is 7.06. The number of hydrogen-bond donors (Lipinski definition) is 1. The molecule has 3 atom stereocenters. The van der Waals surface area contributed by atoms with E-state index in [-0.39, 0.29) is 29.9 Å². The van der Waals surface area contributed by atoms with Gasteiger partial charge in [-0.2, -0.15) is 0 Å². The van der Waals surface area contributed by atoms with Crippen LogP contribution in [0.1, 0.15) is 47.4 Å². The first-order valence-corrected chi connectivity index (χ1v) is 12.5. The van der Waals surface area contributed by atoms with Gasteiger partial charge in [0, 0.05) is 51.1 Å². The van der Waals surface area contributed by atoms with Crippen LogP contribution >= 0.6 is 0 Å². The van der Waals surface area contributed by atoms with Crippen molar-refractivity contribution in [2.45, 2.75) is 38.8 Å². The predicted octanol–water partition coefficient (Wildman–Crippen LogP) is 4.15. The van der Waals surface area contributed by atoms with E-state index in [0.717, 1.165) is 19.0 Å². The van der Waals surface area contributed by atoms with E-state index in [1.54, 1.807) is 49.4 Å². The van der Waals surface area contributed by atoms with Gasteiger partial charge in [0.25, 0.3) is 11.8 Å². The van der Waals surface area contributed by atoms with Gasteiger partial charge in [-0.3, -0.25) is 14.5 Å². The second-order valence-corrected chi connectivity index (χ2v) is 10.0. The van der Waals surface area contributed by atoms with Crippen LogP contribution in [-0.2, 0) is 4.74 Å². The van der Waals surface area contributed by atoms with E-state index in [0.29, 0.717) is 35.7 Å². The third kappa shape index (κ3) is 6.41. The van der Waals surface area contributed by atoms with E-state index in [1.165, 1.54) is 12.8 Å². The Kier molecular flexibility index (Phi) is 8.08. The minimum Gasteiger partial charge on any atom is -0.491 e. The summed E-state index contributed by atoms with van der Waals surface area (Å²) in [6.07, 6.45) is 2.51. The number of benzene rings is 2. The lowest BCUT2D eigenvalue weighted by atomic mass is 10.0. The summed E-state index contributed by atoms with van der Waals surface area (Å²) in [5.74, 6) is 1.17. The molecule has 0 radical (unpaired) electrons. The number of nitrogens with one attached hydrogen (secondary N) is 1. The first-order valence-electron chi connectivity index (χ1n) is 12.5. The van der Waals surface area contributed by atoms with Gasteiger partial charge in [0.1, 0.15) is 12.4 Å². The smallest absolute Gasteiger partial charge is 0.257 e. The quantitative estimate of drug-likeness (QED) is 0.698. The average molecular weight is 480 g/mol. The lowest BCUT2D eigenvalue weighted by Crippen LogP contribution is -2.47. The predicted molar refractivity (Wildman–Crippen MR) is 137 cm³/mol. The first kappa shape index (κ1) is 25.2. The number of nitrogens with zero attached hydrogens (tertiary/aromatic N) is 2. The number of likely N-dealkylation sites (N-methyl/N-ethyl adjacent to an activating group) is 1. The van der Waals surface area contributed by atoms with Gasteiger partial charge < -0.3 is 19.7 Å². The average Bonchev–Trinajstić information content (AvgIpc) is 3.69. The largest absolute Gasteiger partial charge is 0.491 e. The summed E-state index contributed by atoms with van der Waals surface area (Å²) in [6.45, 7) is 7.30. The Hall–Kier alpha value is -2.90. The van der Waals surface area contributed by atoms with Crippen molar-refractivity contribution in [2.75, 3.05) is 45.7 Å². The van der Waals surface area contributed by atoms with Gasteiger partial charge in [-0.1, -0.05) is 25.1 Å². The molecule has 0 aromatic heterocycles. The molecule has 188 valence electrons. The standard InChI is InChI=1S/C28H37N3O4/c1-19-15-31(16-21-10-11-21)20(2)18-35-25-13-12-23(29-27(32)22-8-6-5-7-9-22)14-24(25)28(33)30(3)17-26(19)34-4/h5-9,12-14,19-21,26H,10-11,15-18H2,1-4H3,(H,29,32)/t19-,20-,26-/m1/s1. The number of methoxy groups -OCH3 is 1. The molecule has 2 amide bonds. The van der Waals surface area contributed by atoms with Gasteiger partial charge in [0.2, 0.25) is 0 Å². The van der Waals surface area contributed by atoms with E-state index in [9.17, 15) is 9.59 Å². The highest BCUT2D eigenvalue weighted by Gasteiger charge is 2.31. The second kappa shape index (κ2) is 11.2. The Morgan fingerprint density at radius 3 is 2.54 bits per heavy atom. The van der Waals surface area contributed by atoms with Crippen LogP contribution in [0.25, 0.3) is 0 Å². The maximum Gasteiger partial charge on any atom is 0.257 e. The highest BCUT2D eigenvalue weighted by molar-refractivity contribution is 6.05. The molecule has 0 saturated heterocycles. The molecule has 1 aliphatic heterocycles. The molecule has 1 N–H and O–H groups in total. The van der Waals surface area contributed by atoms with Crippen LogP contribution < -0.4 is 10.1 Å². The second-order valence-electron chi connectivity index (χ2n) is 10.0. The zero-order valence-corrected chi connectivity index (χ0v) is 21.2. The highest BCUT2D eigenvalue weighted by atomic mass is 16.5. The Morgan fingerprint density at radius 1 is 1.11 bits per heavy atom. The van der Waals surface area contributed by atoms with Crippen molar-refractivity contribution < 1.29 is 19.1 Å². The summed E-state index contributed by atoms with van der Waals surface area (Å²) < 4.78 is 12.1. The van der Waals surface area contributed by atoms with Gasteiger partial charge in [0.05, 0.1) is 11.7 Å². The number of rotatable bonds is 5.